The van der Waals surface area contributed by atoms with Gasteiger partial charge in [-0.1, -0.05) is 19.1 Å². The summed E-state index contributed by atoms with van der Waals surface area (Å²) in [7, 11) is 1.76. The third kappa shape index (κ3) is 2.76. The number of hydrogen-bond donors (Lipinski definition) is 1. The Morgan fingerprint density at radius 3 is 2.83 bits per heavy atom. The third-order valence-corrected chi connectivity index (χ3v) is 3.62. The fourth-order valence-electron chi connectivity index (χ4n) is 2.16. The minimum Gasteiger partial charge on any atom is -0.388 e. The fourth-order valence-corrected chi connectivity index (χ4v) is 2.27. The van der Waals surface area contributed by atoms with Crippen molar-refractivity contribution in [2.75, 3.05) is 25.1 Å². The highest BCUT2D eigenvalue weighted by molar-refractivity contribution is 7.80. The van der Waals surface area contributed by atoms with E-state index in [1.54, 1.807) is 19.5 Å². The molecule has 0 aromatic carbocycles. The Morgan fingerprint density at radius 1 is 1.50 bits per heavy atom. The van der Waals surface area contributed by atoms with E-state index in [1.165, 1.54) is 0 Å². The molecule has 1 aromatic heterocycles. The molecule has 98 valence electrons. The molecule has 0 spiro atoms. The highest BCUT2D eigenvalue weighted by atomic mass is 32.1. The van der Waals surface area contributed by atoms with Gasteiger partial charge in [0.1, 0.15) is 16.5 Å². The van der Waals surface area contributed by atoms with E-state index in [9.17, 15) is 0 Å². The first-order chi connectivity index (χ1) is 8.61. The number of rotatable bonds is 3. The first-order valence-corrected chi connectivity index (χ1v) is 6.42. The highest BCUT2D eigenvalue weighted by Gasteiger charge is 2.26. The van der Waals surface area contributed by atoms with Crippen molar-refractivity contribution in [1.29, 1.82) is 0 Å². The Kier molecular flexibility index (Phi) is 4.08. The van der Waals surface area contributed by atoms with E-state index < -0.39 is 0 Å². The summed E-state index contributed by atoms with van der Waals surface area (Å²) in [6.45, 7) is 4.04. The highest BCUT2D eigenvalue weighted by Crippen LogP contribution is 2.22. The van der Waals surface area contributed by atoms with Crippen LogP contribution in [0.5, 0.6) is 0 Å². The molecule has 0 saturated carbocycles. The zero-order valence-corrected chi connectivity index (χ0v) is 11.5. The zero-order valence-electron chi connectivity index (χ0n) is 10.7. The van der Waals surface area contributed by atoms with E-state index in [1.807, 2.05) is 0 Å². The number of ether oxygens (including phenoxy) is 1. The minimum absolute atomic E-state index is 0.246. The zero-order chi connectivity index (χ0) is 13.1. The number of anilines is 1. The van der Waals surface area contributed by atoms with Gasteiger partial charge in [-0.2, -0.15) is 0 Å². The van der Waals surface area contributed by atoms with Gasteiger partial charge in [0.2, 0.25) is 0 Å². The van der Waals surface area contributed by atoms with Crippen LogP contribution >= 0.6 is 12.2 Å². The third-order valence-electron chi connectivity index (χ3n) is 3.41. The molecular weight excluding hydrogens is 248 g/mol. The lowest BCUT2D eigenvalue weighted by Crippen LogP contribution is -2.44. The van der Waals surface area contributed by atoms with Crippen LogP contribution in [0.4, 0.5) is 5.82 Å². The quantitative estimate of drug-likeness (QED) is 0.823. The number of piperidine rings is 1. The summed E-state index contributed by atoms with van der Waals surface area (Å²) in [5.41, 5.74) is 6.06. The van der Waals surface area contributed by atoms with Crippen LogP contribution in [0.2, 0.25) is 0 Å². The van der Waals surface area contributed by atoms with Crippen molar-refractivity contribution < 1.29 is 4.74 Å². The maximum Gasteiger partial charge on any atom is 0.147 e. The molecular formula is C12H18N4OS. The summed E-state index contributed by atoms with van der Waals surface area (Å²) in [6, 6.07) is 0. The lowest BCUT2D eigenvalue weighted by atomic mass is 9.96. The van der Waals surface area contributed by atoms with Crippen LogP contribution in [0.3, 0.4) is 0 Å². The van der Waals surface area contributed by atoms with Gasteiger partial charge in [0.25, 0.3) is 0 Å². The van der Waals surface area contributed by atoms with Crippen LogP contribution in [-0.4, -0.2) is 41.3 Å². The largest absolute Gasteiger partial charge is 0.388 e. The molecule has 2 N–H and O–H groups in total. The molecule has 5 nitrogen and oxygen atoms in total. The molecule has 0 aliphatic carbocycles. The van der Waals surface area contributed by atoms with Gasteiger partial charge in [0.05, 0.1) is 18.5 Å². The lowest BCUT2D eigenvalue weighted by Gasteiger charge is -2.36. The number of nitrogens with two attached hydrogens (primary N) is 1. The van der Waals surface area contributed by atoms with Gasteiger partial charge in [-0.25, -0.2) is 9.97 Å². The molecule has 0 amide bonds. The summed E-state index contributed by atoms with van der Waals surface area (Å²) in [4.78, 5) is 11.0. The smallest absolute Gasteiger partial charge is 0.147 e. The van der Waals surface area contributed by atoms with Crippen molar-refractivity contribution in [1.82, 2.24) is 9.97 Å². The van der Waals surface area contributed by atoms with E-state index >= 15 is 0 Å². The standard InChI is InChI=1S/C12H18N4OS/c1-8-3-4-16(7-10(8)17-2)11-6-14-9(5-15-11)12(13)18/h5-6,8,10H,3-4,7H2,1-2H3,(H2,13,18). The average molecular weight is 266 g/mol. The SMILES string of the molecule is COC1CN(c2cnc(C(N)=S)cn2)CCC1C. The Labute approximate surface area is 112 Å². The number of nitrogens with zero attached hydrogens (tertiary/aromatic N) is 3. The molecule has 0 bridgehead atoms. The first kappa shape index (κ1) is 13.2. The van der Waals surface area contributed by atoms with E-state index in [0.717, 1.165) is 25.3 Å². The molecule has 1 aliphatic heterocycles. The van der Waals surface area contributed by atoms with Crippen molar-refractivity contribution >= 4 is 23.0 Å². The van der Waals surface area contributed by atoms with Crippen LogP contribution in [-0.2, 0) is 4.74 Å². The van der Waals surface area contributed by atoms with Crippen molar-refractivity contribution in [2.24, 2.45) is 11.7 Å². The molecule has 6 heteroatoms. The van der Waals surface area contributed by atoms with Crippen molar-refractivity contribution in [3.63, 3.8) is 0 Å². The van der Waals surface area contributed by atoms with Crippen LogP contribution in [0.25, 0.3) is 0 Å². The molecule has 18 heavy (non-hydrogen) atoms. The summed E-state index contributed by atoms with van der Waals surface area (Å²) in [5, 5.41) is 0. The second kappa shape index (κ2) is 5.58. The van der Waals surface area contributed by atoms with E-state index in [-0.39, 0.29) is 11.1 Å². The minimum atomic E-state index is 0.246. The molecule has 1 fully saturated rings. The summed E-state index contributed by atoms with van der Waals surface area (Å²) >= 11 is 4.86. The van der Waals surface area contributed by atoms with E-state index in [0.29, 0.717) is 11.6 Å². The monoisotopic (exact) mass is 266 g/mol. The van der Waals surface area contributed by atoms with Crippen LogP contribution in [0, 0.1) is 5.92 Å². The maximum absolute atomic E-state index is 5.50. The second-order valence-electron chi connectivity index (χ2n) is 4.61. The number of hydrogen-bond acceptors (Lipinski definition) is 5. The molecule has 2 atom stereocenters. The van der Waals surface area contributed by atoms with Gasteiger partial charge in [-0.15, -0.1) is 0 Å². The van der Waals surface area contributed by atoms with E-state index in [2.05, 4.69) is 21.8 Å². The van der Waals surface area contributed by atoms with Gasteiger partial charge in [-0.3, -0.25) is 0 Å². The molecule has 2 rings (SSSR count). The van der Waals surface area contributed by atoms with Gasteiger partial charge in [-0.05, 0) is 12.3 Å². The van der Waals surface area contributed by atoms with Crippen molar-refractivity contribution in [3.8, 4) is 0 Å². The fraction of sp³-hybridized carbons (Fsp3) is 0.583. The molecule has 2 heterocycles. The summed E-state index contributed by atoms with van der Waals surface area (Å²) < 4.78 is 5.49. The topological polar surface area (TPSA) is 64.3 Å². The molecule has 2 unspecified atom stereocenters. The second-order valence-corrected chi connectivity index (χ2v) is 5.05. The predicted molar refractivity (Wildman–Crippen MR) is 74.7 cm³/mol. The lowest BCUT2D eigenvalue weighted by molar-refractivity contribution is 0.0496. The van der Waals surface area contributed by atoms with Crippen LogP contribution < -0.4 is 10.6 Å². The Bertz CT molecular complexity index is 423. The maximum atomic E-state index is 5.50. The Hall–Kier alpha value is -1.27. The van der Waals surface area contributed by atoms with Crippen LogP contribution in [0.15, 0.2) is 12.4 Å². The summed E-state index contributed by atoms with van der Waals surface area (Å²) in [5.74, 6) is 1.43. The molecule has 1 aromatic rings. The van der Waals surface area contributed by atoms with Crippen molar-refractivity contribution in [2.45, 2.75) is 19.4 Å². The summed E-state index contributed by atoms with van der Waals surface area (Å²) in [6.07, 6.45) is 4.68. The number of aromatic nitrogens is 2. The Balaban J connectivity index is 2.09. The van der Waals surface area contributed by atoms with E-state index in [4.69, 9.17) is 22.7 Å². The predicted octanol–water partition coefficient (Wildman–Crippen LogP) is 0.972. The van der Waals surface area contributed by atoms with Gasteiger partial charge in [0, 0.05) is 20.2 Å². The molecule has 1 aliphatic rings. The first-order valence-electron chi connectivity index (χ1n) is 6.01. The number of thiocarbonyl (C=S) groups is 1. The van der Waals surface area contributed by atoms with Crippen molar-refractivity contribution in [3.05, 3.63) is 18.1 Å². The number of methoxy groups -OCH3 is 1. The van der Waals surface area contributed by atoms with Gasteiger partial charge < -0.3 is 15.4 Å². The van der Waals surface area contributed by atoms with Gasteiger partial charge in [0.15, 0.2) is 0 Å². The van der Waals surface area contributed by atoms with Gasteiger partial charge >= 0.3 is 0 Å². The molecule has 0 radical (unpaired) electrons. The van der Waals surface area contributed by atoms with Crippen LogP contribution in [0.1, 0.15) is 19.0 Å². The normalized spacial score (nSPS) is 24.0. The average Bonchev–Trinajstić information content (AvgIpc) is 2.39. The molecule has 1 saturated heterocycles. The Morgan fingerprint density at radius 2 is 2.28 bits per heavy atom.